The van der Waals surface area contributed by atoms with Crippen LogP contribution in [0.5, 0.6) is 0 Å². The molecule has 0 N–H and O–H groups in total. The number of hydrogen-bond donors (Lipinski definition) is 0. The van der Waals surface area contributed by atoms with Crippen LogP contribution in [0, 0.1) is 6.92 Å². The molecular formula is C11H13NO4. The van der Waals surface area contributed by atoms with Gasteiger partial charge in [0, 0.05) is 18.3 Å². The first-order valence-corrected chi connectivity index (χ1v) is 4.70. The molecule has 1 rings (SSSR count). The summed E-state index contributed by atoms with van der Waals surface area (Å²) in [5.41, 5.74) is 0.294. The fourth-order valence-corrected chi connectivity index (χ4v) is 1.44. The molecule has 1 aromatic heterocycles. The Morgan fingerprint density at radius 1 is 1.31 bits per heavy atom. The van der Waals surface area contributed by atoms with Crippen molar-refractivity contribution in [2.24, 2.45) is 7.05 Å². The predicted molar refractivity (Wildman–Crippen MR) is 57.8 cm³/mol. The zero-order valence-electron chi connectivity index (χ0n) is 9.66. The van der Waals surface area contributed by atoms with E-state index in [0.717, 1.165) is 0 Å². The molecule has 0 saturated carbocycles. The third-order valence-electron chi connectivity index (χ3n) is 2.50. The average Bonchev–Trinajstić information content (AvgIpc) is 2.25. The molecular weight excluding hydrogens is 210 g/mol. The minimum Gasteiger partial charge on any atom is -0.465 e. The zero-order chi connectivity index (χ0) is 12.5. The van der Waals surface area contributed by atoms with Crippen molar-refractivity contribution in [2.45, 2.75) is 13.8 Å². The van der Waals surface area contributed by atoms with E-state index >= 15 is 0 Å². The van der Waals surface area contributed by atoms with Gasteiger partial charge < -0.3 is 9.30 Å². The van der Waals surface area contributed by atoms with Crippen molar-refractivity contribution in [3.8, 4) is 0 Å². The van der Waals surface area contributed by atoms with Crippen molar-refractivity contribution < 1.29 is 14.3 Å². The van der Waals surface area contributed by atoms with Gasteiger partial charge in [-0.1, -0.05) is 0 Å². The molecule has 16 heavy (non-hydrogen) atoms. The van der Waals surface area contributed by atoms with Crippen LogP contribution < -0.4 is 5.56 Å². The number of aromatic nitrogens is 1. The first kappa shape index (κ1) is 12.2. The smallest absolute Gasteiger partial charge is 0.343 e. The highest BCUT2D eigenvalue weighted by Crippen LogP contribution is 2.08. The van der Waals surface area contributed by atoms with Crippen molar-refractivity contribution in [3.63, 3.8) is 0 Å². The number of esters is 1. The maximum atomic E-state index is 11.7. The molecule has 1 heterocycles. The molecule has 0 aromatic carbocycles. The van der Waals surface area contributed by atoms with Crippen molar-refractivity contribution in [3.05, 3.63) is 33.2 Å². The van der Waals surface area contributed by atoms with Gasteiger partial charge in [-0.2, -0.15) is 0 Å². The Hall–Kier alpha value is -1.91. The van der Waals surface area contributed by atoms with Gasteiger partial charge in [-0.25, -0.2) is 4.79 Å². The number of hydrogen-bond acceptors (Lipinski definition) is 4. The summed E-state index contributed by atoms with van der Waals surface area (Å²) in [5, 5.41) is 0. The molecule has 1 aromatic rings. The van der Waals surface area contributed by atoms with E-state index < -0.39 is 11.5 Å². The lowest BCUT2D eigenvalue weighted by Gasteiger charge is -2.10. The molecule has 0 radical (unpaired) electrons. The lowest BCUT2D eigenvalue weighted by atomic mass is 10.1. The minimum atomic E-state index is -0.733. The molecule has 5 nitrogen and oxygen atoms in total. The standard InChI is InChI=1S/C11H13NO4/c1-6-8(7(2)13)5-9(11(15)16-4)10(14)12(6)3/h5H,1-4H3. The molecule has 0 spiro atoms. The molecule has 0 amide bonds. The molecule has 0 atom stereocenters. The summed E-state index contributed by atoms with van der Waals surface area (Å²) >= 11 is 0. The van der Waals surface area contributed by atoms with E-state index in [1.165, 1.54) is 31.7 Å². The second-order valence-corrected chi connectivity index (χ2v) is 3.47. The predicted octanol–water partition coefficient (Wildman–Crippen LogP) is 0.683. The number of ether oxygens (including phenoxy) is 1. The van der Waals surface area contributed by atoms with E-state index in [0.29, 0.717) is 11.3 Å². The van der Waals surface area contributed by atoms with Crippen molar-refractivity contribution >= 4 is 11.8 Å². The Labute approximate surface area is 92.6 Å². The topological polar surface area (TPSA) is 65.4 Å². The minimum absolute atomic E-state index is 0.124. The summed E-state index contributed by atoms with van der Waals surface area (Å²) in [6.45, 7) is 3.03. The Kier molecular flexibility index (Phi) is 3.27. The molecule has 0 saturated heterocycles. The molecule has 0 fully saturated rings. The number of carbonyl (C=O) groups excluding carboxylic acids is 2. The molecule has 5 heteroatoms. The van der Waals surface area contributed by atoms with Gasteiger partial charge in [-0.05, 0) is 19.9 Å². The normalized spacial score (nSPS) is 10.0. The number of rotatable bonds is 2. The first-order valence-electron chi connectivity index (χ1n) is 4.70. The van der Waals surface area contributed by atoms with Crippen LogP contribution in [0.1, 0.15) is 33.3 Å². The van der Waals surface area contributed by atoms with Crippen molar-refractivity contribution in [1.29, 1.82) is 0 Å². The van der Waals surface area contributed by atoms with Gasteiger partial charge >= 0.3 is 5.97 Å². The average molecular weight is 223 g/mol. The van der Waals surface area contributed by atoms with Crippen LogP contribution in [-0.4, -0.2) is 23.4 Å². The number of methoxy groups -OCH3 is 1. The quantitative estimate of drug-likeness (QED) is 0.546. The van der Waals surface area contributed by atoms with Gasteiger partial charge in [-0.15, -0.1) is 0 Å². The maximum Gasteiger partial charge on any atom is 0.343 e. The maximum absolute atomic E-state index is 11.7. The second kappa shape index (κ2) is 4.30. The van der Waals surface area contributed by atoms with Gasteiger partial charge in [0.15, 0.2) is 5.78 Å². The molecule has 0 aliphatic carbocycles. The summed E-state index contributed by atoms with van der Waals surface area (Å²) in [6, 6.07) is 1.28. The fourth-order valence-electron chi connectivity index (χ4n) is 1.44. The number of ketones is 1. The van der Waals surface area contributed by atoms with E-state index in [1.54, 1.807) is 6.92 Å². The molecule has 0 unspecified atom stereocenters. The van der Waals surface area contributed by atoms with Crippen LogP contribution in [-0.2, 0) is 11.8 Å². The summed E-state index contributed by atoms with van der Waals surface area (Å²) in [5.74, 6) is -0.929. The van der Waals surface area contributed by atoms with Crippen LogP contribution in [0.2, 0.25) is 0 Å². The summed E-state index contributed by atoms with van der Waals surface area (Å²) < 4.78 is 5.75. The third kappa shape index (κ3) is 1.88. The van der Waals surface area contributed by atoms with Gasteiger partial charge in [0.25, 0.3) is 5.56 Å². The second-order valence-electron chi connectivity index (χ2n) is 3.47. The number of pyridine rings is 1. The van der Waals surface area contributed by atoms with Crippen LogP contribution in [0.15, 0.2) is 10.9 Å². The highest BCUT2D eigenvalue weighted by molar-refractivity contribution is 5.98. The first-order chi connectivity index (χ1) is 7.40. The number of carbonyl (C=O) groups is 2. The van der Waals surface area contributed by atoms with Crippen molar-refractivity contribution in [1.82, 2.24) is 4.57 Å². The Morgan fingerprint density at radius 3 is 2.31 bits per heavy atom. The monoisotopic (exact) mass is 223 g/mol. The Morgan fingerprint density at radius 2 is 1.88 bits per heavy atom. The van der Waals surface area contributed by atoms with E-state index in [9.17, 15) is 14.4 Å². The number of Topliss-reactive ketones (excluding diaryl/α,β-unsaturated/α-hetero) is 1. The van der Waals surface area contributed by atoms with Crippen LogP contribution >= 0.6 is 0 Å². The van der Waals surface area contributed by atoms with E-state index in [-0.39, 0.29) is 11.3 Å². The lowest BCUT2D eigenvalue weighted by molar-refractivity contribution is 0.0598. The Bertz CT molecular complexity index is 513. The summed E-state index contributed by atoms with van der Waals surface area (Å²) in [4.78, 5) is 34.4. The highest BCUT2D eigenvalue weighted by atomic mass is 16.5. The SMILES string of the molecule is COC(=O)c1cc(C(C)=O)c(C)n(C)c1=O. The van der Waals surface area contributed by atoms with E-state index in [4.69, 9.17) is 0 Å². The third-order valence-corrected chi connectivity index (χ3v) is 2.50. The summed E-state index contributed by atoms with van der Waals surface area (Å²) in [6.07, 6.45) is 0. The molecule has 86 valence electrons. The van der Waals surface area contributed by atoms with Gasteiger partial charge in [0.05, 0.1) is 7.11 Å². The van der Waals surface area contributed by atoms with Gasteiger partial charge in [0.2, 0.25) is 0 Å². The largest absolute Gasteiger partial charge is 0.465 e. The highest BCUT2D eigenvalue weighted by Gasteiger charge is 2.17. The van der Waals surface area contributed by atoms with Gasteiger partial charge in [0.1, 0.15) is 5.56 Å². The number of nitrogens with zero attached hydrogens (tertiary/aromatic N) is 1. The Balaban J connectivity index is 3.60. The van der Waals surface area contributed by atoms with E-state index in [2.05, 4.69) is 4.74 Å². The molecule has 0 aliphatic rings. The van der Waals surface area contributed by atoms with Gasteiger partial charge in [-0.3, -0.25) is 9.59 Å². The molecule has 0 bridgehead atoms. The fraction of sp³-hybridized carbons (Fsp3) is 0.364. The van der Waals surface area contributed by atoms with E-state index in [1.807, 2.05) is 0 Å². The van der Waals surface area contributed by atoms with Crippen molar-refractivity contribution in [2.75, 3.05) is 7.11 Å². The molecule has 0 aliphatic heterocycles. The van der Waals surface area contributed by atoms with Crippen LogP contribution in [0.3, 0.4) is 0 Å². The zero-order valence-corrected chi connectivity index (χ0v) is 9.66. The van der Waals surface area contributed by atoms with Crippen LogP contribution in [0.4, 0.5) is 0 Å². The lowest BCUT2D eigenvalue weighted by Crippen LogP contribution is -2.28. The summed E-state index contributed by atoms with van der Waals surface area (Å²) in [7, 11) is 2.70. The van der Waals surface area contributed by atoms with Crippen LogP contribution in [0.25, 0.3) is 0 Å².